The molecule has 0 aliphatic heterocycles. The van der Waals surface area contributed by atoms with Gasteiger partial charge < -0.3 is 10.6 Å². The van der Waals surface area contributed by atoms with Crippen LogP contribution in [-0.2, 0) is 0 Å². The first-order valence-corrected chi connectivity index (χ1v) is 4.33. The molecule has 0 atom stereocenters. The minimum absolute atomic E-state index is 0.274. The molecule has 72 valence electrons. The number of amidine groups is 1. The third-order valence-electron chi connectivity index (χ3n) is 1.51. The van der Waals surface area contributed by atoms with E-state index in [0.717, 1.165) is 13.1 Å². The van der Waals surface area contributed by atoms with Crippen LogP contribution in [0.2, 0.25) is 0 Å². The molecule has 0 radical (unpaired) electrons. The molecular weight excluding hydrogens is 150 g/mol. The molecule has 0 aliphatic rings. The normalized spacial score (nSPS) is 12.1. The number of rotatable bonds is 4. The van der Waals surface area contributed by atoms with Crippen LogP contribution in [0.4, 0.5) is 0 Å². The van der Waals surface area contributed by atoms with Crippen molar-refractivity contribution in [3.8, 4) is 0 Å². The van der Waals surface area contributed by atoms with Gasteiger partial charge in [0.2, 0.25) is 0 Å². The Labute approximate surface area is 75.4 Å². The fourth-order valence-corrected chi connectivity index (χ4v) is 1.20. The smallest absolute Gasteiger partial charge is 0.0918 e. The Morgan fingerprint density at radius 2 is 1.92 bits per heavy atom. The Morgan fingerprint density at radius 1 is 1.42 bits per heavy atom. The SMILES string of the molecule is CN(CCC(=N)N)CC(C)(C)C. The molecule has 0 heterocycles. The molecule has 3 nitrogen and oxygen atoms in total. The van der Waals surface area contributed by atoms with Gasteiger partial charge in [-0.05, 0) is 12.5 Å². The molecule has 3 heteroatoms. The highest BCUT2D eigenvalue weighted by molar-refractivity contribution is 5.76. The lowest BCUT2D eigenvalue weighted by Crippen LogP contribution is -2.31. The molecule has 3 N–H and O–H groups in total. The van der Waals surface area contributed by atoms with E-state index in [9.17, 15) is 0 Å². The molecule has 0 saturated heterocycles. The maximum absolute atomic E-state index is 7.07. The van der Waals surface area contributed by atoms with Crippen molar-refractivity contribution >= 4 is 5.84 Å². The van der Waals surface area contributed by atoms with Crippen molar-refractivity contribution in [1.29, 1.82) is 5.41 Å². The molecule has 0 spiro atoms. The lowest BCUT2D eigenvalue weighted by atomic mass is 9.96. The maximum Gasteiger partial charge on any atom is 0.0918 e. The molecule has 0 rings (SSSR count). The van der Waals surface area contributed by atoms with Crippen molar-refractivity contribution in [1.82, 2.24) is 4.90 Å². The topological polar surface area (TPSA) is 53.1 Å². The maximum atomic E-state index is 7.07. The van der Waals surface area contributed by atoms with E-state index >= 15 is 0 Å². The number of hydrogen-bond acceptors (Lipinski definition) is 2. The van der Waals surface area contributed by atoms with Gasteiger partial charge in [0.15, 0.2) is 0 Å². The Hall–Kier alpha value is -0.570. The van der Waals surface area contributed by atoms with E-state index in [2.05, 4.69) is 32.7 Å². The quantitative estimate of drug-likeness (QED) is 0.494. The highest BCUT2D eigenvalue weighted by Crippen LogP contribution is 2.13. The third-order valence-corrected chi connectivity index (χ3v) is 1.51. The zero-order chi connectivity index (χ0) is 9.78. The summed E-state index contributed by atoms with van der Waals surface area (Å²) >= 11 is 0. The summed E-state index contributed by atoms with van der Waals surface area (Å²) in [6.07, 6.45) is 0.673. The third kappa shape index (κ3) is 7.54. The monoisotopic (exact) mass is 171 g/mol. The molecule has 0 fully saturated rings. The summed E-state index contributed by atoms with van der Waals surface area (Å²) in [6, 6.07) is 0. The van der Waals surface area contributed by atoms with E-state index in [1.165, 1.54) is 0 Å². The average Bonchev–Trinajstić information content (AvgIpc) is 1.79. The first-order chi connectivity index (χ1) is 5.31. The number of hydrogen-bond donors (Lipinski definition) is 2. The zero-order valence-electron chi connectivity index (χ0n) is 8.65. The van der Waals surface area contributed by atoms with Crippen molar-refractivity contribution in [3.63, 3.8) is 0 Å². The second-order valence-electron chi connectivity index (χ2n) is 4.57. The first kappa shape index (κ1) is 11.4. The first-order valence-electron chi connectivity index (χ1n) is 4.33. The highest BCUT2D eigenvalue weighted by Gasteiger charge is 2.12. The average molecular weight is 171 g/mol. The molecule has 0 aromatic rings. The molecule has 0 aromatic heterocycles. The van der Waals surface area contributed by atoms with Gasteiger partial charge in [0.1, 0.15) is 0 Å². The Balaban J connectivity index is 3.60. The lowest BCUT2D eigenvalue weighted by Gasteiger charge is -2.26. The Bertz CT molecular complexity index is 146. The minimum Gasteiger partial charge on any atom is -0.388 e. The molecule has 0 aliphatic carbocycles. The van der Waals surface area contributed by atoms with Gasteiger partial charge in [0, 0.05) is 19.5 Å². The van der Waals surface area contributed by atoms with Crippen LogP contribution in [0.15, 0.2) is 0 Å². The summed E-state index contributed by atoms with van der Waals surface area (Å²) in [6.45, 7) is 8.54. The molecule has 0 bridgehead atoms. The van der Waals surface area contributed by atoms with Crippen LogP contribution in [0.25, 0.3) is 0 Å². The van der Waals surface area contributed by atoms with E-state index in [1.54, 1.807) is 0 Å². The summed E-state index contributed by atoms with van der Waals surface area (Å²) in [5.74, 6) is 0.274. The van der Waals surface area contributed by atoms with Crippen molar-refractivity contribution in [3.05, 3.63) is 0 Å². The summed E-state index contributed by atoms with van der Waals surface area (Å²) in [5, 5.41) is 7.07. The summed E-state index contributed by atoms with van der Waals surface area (Å²) in [5.41, 5.74) is 5.59. The minimum atomic E-state index is 0.274. The van der Waals surface area contributed by atoms with Crippen LogP contribution >= 0.6 is 0 Å². The number of nitrogens with one attached hydrogen (secondary N) is 1. The zero-order valence-corrected chi connectivity index (χ0v) is 8.65. The predicted octanol–water partition coefficient (Wildman–Crippen LogP) is 1.29. The Kier molecular flexibility index (Phi) is 4.24. The van der Waals surface area contributed by atoms with Gasteiger partial charge in [0.05, 0.1) is 5.84 Å². The van der Waals surface area contributed by atoms with E-state index < -0.39 is 0 Å². The predicted molar refractivity (Wildman–Crippen MR) is 53.5 cm³/mol. The van der Waals surface area contributed by atoms with Gasteiger partial charge in [-0.15, -0.1) is 0 Å². The van der Waals surface area contributed by atoms with Crippen LogP contribution in [0, 0.1) is 10.8 Å². The molecular formula is C9H21N3. The standard InChI is InChI=1S/C9H21N3/c1-9(2,3)7-12(4)6-5-8(10)11/h5-7H2,1-4H3,(H3,10,11). The lowest BCUT2D eigenvalue weighted by molar-refractivity contribution is 0.231. The van der Waals surface area contributed by atoms with Crippen LogP contribution in [0.5, 0.6) is 0 Å². The van der Waals surface area contributed by atoms with E-state index in [0.29, 0.717) is 11.8 Å². The van der Waals surface area contributed by atoms with Crippen molar-refractivity contribution < 1.29 is 0 Å². The second kappa shape index (κ2) is 4.45. The summed E-state index contributed by atoms with van der Waals surface area (Å²) in [7, 11) is 2.06. The van der Waals surface area contributed by atoms with Gasteiger partial charge in [-0.2, -0.15) is 0 Å². The summed E-state index contributed by atoms with van der Waals surface area (Å²) in [4.78, 5) is 2.21. The van der Waals surface area contributed by atoms with E-state index in [-0.39, 0.29) is 5.84 Å². The summed E-state index contributed by atoms with van der Waals surface area (Å²) < 4.78 is 0. The fraction of sp³-hybridized carbons (Fsp3) is 0.889. The molecule has 0 amide bonds. The molecule has 0 unspecified atom stereocenters. The highest BCUT2D eigenvalue weighted by atomic mass is 15.1. The fourth-order valence-electron chi connectivity index (χ4n) is 1.20. The number of nitrogens with two attached hydrogens (primary N) is 1. The molecule has 0 aromatic carbocycles. The van der Waals surface area contributed by atoms with Gasteiger partial charge in [-0.3, -0.25) is 5.41 Å². The van der Waals surface area contributed by atoms with E-state index in [4.69, 9.17) is 11.1 Å². The van der Waals surface area contributed by atoms with Crippen LogP contribution in [0.1, 0.15) is 27.2 Å². The Morgan fingerprint density at radius 3 is 2.25 bits per heavy atom. The molecule has 12 heavy (non-hydrogen) atoms. The van der Waals surface area contributed by atoms with Crippen LogP contribution in [-0.4, -0.2) is 30.9 Å². The number of nitrogens with zero attached hydrogens (tertiary/aromatic N) is 1. The second-order valence-corrected chi connectivity index (χ2v) is 4.57. The van der Waals surface area contributed by atoms with Crippen LogP contribution < -0.4 is 5.73 Å². The van der Waals surface area contributed by atoms with Gasteiger partial charge in [-0.25, -0.2) is 0 Å². The van der Waals surface area contributed by atoms with E-state index in [1.807, 2.05) is 0 Å². The van der Waals surface area contributed by atoms with Crippen molar-refractivity contribution in [2.45, 2.75) is 27.2 Å². The largest absolute Gasteiger partial charge is 0.388 e. The van der Waals surface area contributed by atoms with Crippen molar-refractivity contribution in [2.75, 3.05) is 20.1 Å². The van der Waals surface area contributed by atoms with Crippen LogP contribution in [0.3, 0.4) is 0 Å². The molecule has 0 saturated carbocycles. The van der Waals surface area contributed by atoms with Crippen molar-refractivity contribution in [2.24, 2.45) is 11.1 Å². The van der Waals surface area contributed by atoms with Gasteiger partial charge >= 0.3 is 0 Å². The van der Waals surface area contributed by atoms with Gasteiger partial charge in [-0.1, -0.05) is 20.8 Å². The van der Waals surface area contributed by atoms with Gasteiger partial charge in [0.25, 0.3) is 0 Å².